The number of aromatic nitrogens is 3. The Bertz CT molecular complexity index is 723. The molecule has 0 amide bonds. The van der Waals surface area contributed by atoms with E-state index >= 15 is 0 Å². The Morgan fingerprint density at radius 3 is 3.00 bits per heavy atom. The average molecular weight is 341 g/mol. The third kappa shape index (κ3) is 2.35. The number of hydrogen-bond donors (Lipinski definition) is 1. The predicted octanol–water partition coefficient (Wildman–Crippen LogP) is 3.22. The average Bonchev–Trinajstić information content (AvgIpc) is 2.96. The number of aryl methyl sites for hydroxylation is 2. The lowest BCUT2D eigenvalue weighted by Gasteiger charge is -2.05. The lowest BCUT2D eigenvalue weighted by Crippen LogP contribution is -2.05. The van der Waals surface area contributed by atoms with Gasteiger partial charge in [0.1, 0.15) is 5.82 Å². The van der Waals surface area contributed by atoms with Crippen molar-refractivity contribution >= 4 is 44.2 Å². The van der Waals surface area contributed by atoms with E-state index in [1.54, 1.807) is 22.9 Å². The van der Waals surface area contributed by atoms with Crippen LogP contribution in [0.3, 0.4) is 0 Å². The SMILES string of the molecule is Nc1nc2cc(F)c(Br)cc2n1CCc1cscn1. The van der Waals surface area contributed by atoms with Gasteiger partial charge >= 0.3 is 0 Å². The molecule has 0 radical (unpaired) electrons. The first kappa shape index (κ1) is 12.6. The van der Waals surface area contributed by atoms with Crippen molar-refractivity contribution in [2.75, 3.05) is 5.73 Å². The number of nitrogens with zero attached hydrogens (tertiary/aromatic N) is 3. The van der Waals surface area contributed by atoms with Crippen LogP contribution in [-0.4, -0.2) is 14.5 Å². The molecule has 4 nitrogen and oxygen atoms in total. The summed E-state index contributed by atoms with van der Waals surface area (Å²) >= 11 is 4.75. The van der Waals surface area contributed by atoms with Crippen LogP contribution in [0.15, 0.2) is 27.5 Å². The Kier molecular flexibility index (Phi) is 3.24. The minimum absolute atomic E-state index is 0.336. The molecule has 0 aliphatic rings. The predicted molar refractivity (Wildman–Crippen MR) is 77.6 cm³/mol. The van der Waals surface area contributed by atoms with Crippen LogP contribution in [0.25, 0.3) is 11.0 Å². The lowest BCUT2D eigenvalue weighted by molar-refractivity contribution is 0.622. The van der Waals surface area contributed by atoms with Crippen molar-refractivity contribution in [1.82, 2.24) is 14.5 Å². The van der Waals surface area contributed by atoms with Gasteiger partial charge in [0.2, 0.25) is 5.95 Å². The van der Waals surface area contributed by atoms with Crippen molar-refractivity contribution < 1.29 is 4.39 Å². The largest absolute Gasteiger partial charge is 0.369 e. The van der Waals surface area contributed by atoms with E-state index in [1.165, 1.54) is 6.07 Å². The fourth-order valence-electron chi connectivity index (χ4n) is 1.96. The zero-order valence-electron chi connectivity index (χ0n) is 9.81. The number of fused-ring (bicyclic) bond motifs is 1. The highest BCUT2D eigenvalue weighted by molar-refractivity contribution is 9.10. The minimum atomic E-state index is -0.336. The molecule has 0 fully saturated rings. The number of nitrogen functional groups attached to an aromatic ring is 1. The summed E-state index contributed by atoms with van der Waals surface area (Å²) in [6.45, 7) is 0.671. The molecular formula is C12H10BrFN4S. The monoisotopic (exact) mass is 340 g/mol. The van der Waals surface area contributed by atoms with Crippen LogP contribution >= 0.6 is 27.3 Å². The number of thiazole rings is 1. The molecule has 7 heteroatoms. The van der Waals surface area contributed by atoms with E-state index in [0.717, 1.165) is 17.6 Å². The summed E-state index contributed by atoms with van der Waals surface area (Å²) in [6.07, 6.45) is 0.772. The molecule has 3 aromatic rings. The Balaban J connectivity index is 1.98. The van der Waals surface area contributed by atoms with Gasteiger partial charge in [0.05, 0.1) is 26.7 Å². The first-order valence-corrected chi connectivity index (χ1v) is 7.36. The first-order chi connectivity index (χ1) is 9.15. The zero-order chi connectivity index (χ0) is 13.4. The highest BCUT2D eigenvalue weighted by Crippen LogP contribution is 2.25. The highest BCUT2D eigenvalue weighted by Gasteiger charge is 2.11. The van der Waals surface area contributed by atoms with E-state index in [1.807, 2.05) is 9.95 Å². The molecule has 0 aliphatic carbocycles. The van der Waals surface area contributed by atoms with Crippen LogP contribution < -0.4 is 5.73 Å². The van der Waals surface area contributed by atoms with Crippen molar-refractivity contribution in [3.8, 4) is 0 Å². The van der Waals surface area contributed by atoms with Crippen LogP contribution in [0, 0.1) is 5.82 Å². The summed E-state index contributed by atoms with van der Waals surface area (Å²) < 4.78 is 15.7. The summed E-state index contributed by atoms with van der Waals surface area (Å²) in [5.74, 6) is 0.0550. The molecule has 1 aromatic carbocycles. The van der Waals surface area contributed by atoms with E-state index < -0.39 is 0 Å². The second kappa shape index (κ2) is 4.90. The smallest absolute Gasteiger partial charge is 0.201 e. The maximum Gasteiger partial charge on any atom is 0.201 e. The van der Waals surface area contributed by atoms with Gasteiger partial charge in [-0.05, 0) is 22.0 Å². The Hall–Kier alpha value is -1.47. The number of nitrogens with two attached hydrogens (primary N) is 1. The number of anilines is 1. The number of imidazole rings is 1. The molecule has 0 spiro atoms. The van der Waals surface area contributed by atoms with Gasteiger partial charge in [-0.15, -0.1) is 11.3 Å². The third-order valence-electron chi connectivity index (χ3n) is 2.89. The van der Waals surface area contributed by atoms with E-state index in [0.29, 0.717) is 22.5 Å². The van der Waals surface area contributed by atoms with E-state index in [9.17, 15) is 4.39 Å². The number of rotatable bonds is 3. The number of benzene rings is 1. The van der Waals surface area contributed by atoms with Crippen LogP contribution in [0.4, 0.5) is 10.3 Å². The molecule has 19 heavy (non-hydrogen) atoms. The van der Waals surface area contributed by atoms with Gasteiger partial charge in [-0.2, -0.15) is 0 Å². The van der Waals surface area contributed by atoms with Crippen molar-refractivity contribution in [2.24, 2.45) is 0 Å². The zero-order valence-corrected chi connectivity index (χ0v) is 12.2. The van der Waals surface area contributed by atoms with Gasteiger partial charge in [-0.25, -0.2) is 14.4 Å². The van der Waals surface area contributed by atoms with Gasteiger partial charge in [0.25, 0.3) is 0 Å². The lowest BCUT2D eigenvalue weighted by atomic mass is 10.3. The summed E-state index contributed by atoms with van der Waals surface area (Å²) in [6, 6.07) is 3.09. The van der Waals surface area contributed by atoms with Crippen molar-refractivity contribution in [2.45, 2.75) is 13.0 Å². The fraction of sp³-hybridized carbons (Fsp3) is 0.167. The van der Waals surface area contributed by atoms with E-state index in [4.69, 9.17) is 5.73 Å². The standard InChI is InChI=1S/C12H10BrFN4S/c13-8-3-11-10(4-9(8)14)17-12(15)18(11)2-1-7-5-19-6-16-7/h3-6H,1-2H2,(H2,15,17). The summed E-state index contributed by atoms with van der Waals surface area (Å²) in [5.41, 5.74) is 10.1. The highest BCUT2D eigenvalue weighted by atomic mass is 79.9. The molecule has 0 bridgehead atoms. The van der Waals surface area contributed by atoms with Crippen molar-refractivity contribution in [1.29, 1.82) is 0 Å². The van der Waals surface area contributed by atoms with Crippen LogP contribution in [0.2, 0.25) is 0 Å². The van der Waals surface area contributed by atoms with Crippen molar-refractivity contribution in [3.63, 3.8) is 0 Å². The fourth-order valence-corrected chi connectivity index (χ4v) is 2.89. The topological polar surface area (TPSA) is 56.7 Å². The molecule has 0 unspecified atom stereocenters. The van der Waals surface area contributed by atoms with Crippen molar-refractivity contribution in [3.05, 3.63) is 39.0 Å². The van der Waals surface area contributed by atoms with Crippen LogP contribution in [0.5, 0.6) is 0 Å². The Morgan fingerprint density at radius 1 is 1.42 bits per heavy atom. The van der Waals surface area contributed by atoms with Gasteiger partial charge in [0.15, 0.2) is 0 Å². The maximum absolute atomic E-state index is 13.5. The van der Waals surface area contributed by atoms with Gasteiger partial charge in [0, 0.05) is 24.4 Å². The van der Waals surface area contributed by atoms with Crippen LogP contribution in [0.1, 0.15) is 5.69 Å². The summed E-state index contributed by atoms with van der Waals surface area (Å²) in [5, 5.41) is 2.00. The minimum Gasteiger partial charge on any atom is -0.369 e. The summed E-state index contributed by atoms with van der Waals surface area (Å²) in [4.78, 5) is 8.41. The second-order valence-electron chi connectivity index (χ2n) is 4.11. The molecule has 0 aliphatic heterocycles. The first-order valence-electron chi connectivity index (χ1n) is 5.63. The molecule has 2 aromatic heterocycles. The molecule has 0 saturated heterocycles. The molecule has 3 rings (SSSR count). The Labute approximate surface area is 121 Å². The van der Waals surface area contributed by atoms with Gasteiger partial charge < -0.3 is 10.3 Å². The third-order valence-corrected chi connectivity index (χ3v) is 4.14. The molecular weight excluding hydrogens is 331 g/mol. The van der Waals surface area contributed by atoms with E-state index in [-0.39, 0.29) is 5.82 Å². The molecule has 98 valence electrons. The molecule has 2 heterocycles. The van der Waals surface area contributed by atoms with Gasteiger partial charge in [-0.1, -0.05) is 0 Å². The van der Waals surface area contributed by atoms with Crippen LogP contribution in [-0.2, 0) is 13.0 Å². The van der Waals surface area contributed by atoms with Gasteiger partial charge in [-0.3, -0.25) is 0 Å². The van der Waals surface area contributed by atoms with E-state index in [2.05, 4.69) is 25.9 Å². The number of hydrogen-bond acceptors (Lipinski definition) is 4. The second-order valence-corrected chi connectivity index (χ2v) is 5.68. The summed E-state index contributed by atoms with van der Waals surface area (Å²) in [7, 11) is 0. The quantitative estimate of drug-likeness (QED) is 0.796. The Morgan fingerprint density at radius 2 is 2.26 bits per heavy atom. The molecule has 2 N–H and O–H groups in total. The molecule has 0 saturated carbocycles. The molecule has 0 atom stereocenters. The number of halogens is 2. The normalized spacial score (nSPS) is 11.3. The maximum atomic E-state index is 13.5.